The largest absolute Gasteiger partial charge is 0.339 e. The van der Waals surface area contributed by atoms with Crippen LogP contribution < -0.4 is 5.32 Å². The Morgan fingerprint density at radius 1 is 1.53 bits per heavy atom. The number of likely N-dealkylation sites (tertiary alicyclic amines) is 1. The highest BCUT2D eigenvalue weighted by atomic mass is 16.5. The summed E-state index contributed by atoms with van der Waals surface area (Å²) in [5.74, 6) is 2.10. The summed E-state index contributed by atoms with van der Waals surface area (Å²) in [6.45, 7) is 6.48. The average Bonchev–Trinajstić information content (AvgIpc) is 2.85. The van der Waals surface area contributed by atoms with Gasteiger partial charge in [0.1, 0.15) is 0 Å². The Morgan fingerprint density at radius 3 is 3.18 bits per heavy atom. The topological polar surface area (TPSA) is 54.2 Å². The molecule has 0 bridgehead atoms. The third kappa shape index (κ3) is 3.26. The van der Waals surface area contributed by atoms with Gasteiger partial charge in [-0.15, -0.1) is 0 Å². The van der Waals surface area contributed by atoms with E-state index in [-0.39, 0.29) is 0 Å². The quantitative estimate of drug-likeness (QED) is 0.830. The predicted octanol–water partition coefficient (Wildman–Crippen LogP) is 1.03. The second kappa shape index (κ2) is 6.12. The van der Waals surface area contributed by atoms with Crippen LogP contribution in [0.4, 0.5) is 0 Å². The molecule has 0 radical (unpaired) electrons. The molecular weight excluding hydrogens is 216 g/mol. The molecule has 1 aromatic heterocycles. The Bertz CT molecular complexity index is 339. The van der Waals surface area contributed by atoms with Crippen LogP contribution >= 0.6 is 0 Å². The lowest BCUT2D eigenvalue weighted by molar-refractivity contribution is 0.211. The third-order valence-corrected chi connectivity index (χ3v) is 3.39. The van der Waals surface area contributed by atoms with Crippen LogP contribution in [0.15, 0.2) is 4.52 Å². The molecular formula is C12H22N4O. The van der Waals surface area contributed by atoms with Crippen molar-refractivity contribution in [1.82, 2.24) is 20.4 Å². The average molecular weight is 238 g/mol. The van der Waals surface area contributed by atoms with E-state index in [9.17, 15) is 0 Å². The van der Waals surface area contributed by atoms with E-state index in [1.165, 1.54) is 19.4 Å². The lowest BCUT2D eigenvalue weighted by Gasteiger charge is -2.29. The molecule has 1 unspecified atom stereocenters. The Hall–Kier alpha value is -0.940. The predicted molar refractivity (Wildman–Crippen MR) is 66.0 cm³/mol. The maximum absolute atomic E-state index is 5.27. The molecule has 5 nitrogen and oxygen atoms in total. The zero-order chi connectivity index (χ0) is 12.1. The zero-order valence-corrected chi connectivity index (χ0v) is 10.8. The lowest BCUT2D eigenvalue weighted by atomic mass is 9.97. The monoisotopic (exact) mass is 238 g/mol. The SMILES string of the molecule is CCN1CCCC(c2noc(CCNC)n2)C1. The van der Waals surface area contributed by atoms with E-state index in [1.807, 2.05) is 7.05 Å². The van der Waals surface area contributed by atoms with Crippen LogP contribution in [-0.2, 0) is 6.42 Å². The molecule has 96 valence electrons. The van der Waals surface area contributed by atoms with Crippen LogP contribution in [0.2, 0.25) is 0 Å². The molecule has 2 rings (SSSR count). The summed E-state index contributed by atoms with van der Waals surface area (Å²) in [5, 5.41) is 7.21. The van der Waals surface area contributed by atoms with Crippen molar-refractivity contribution >= 4 is 0 Å². The summed E-state index contributed by atoms with van der Waals surface area (Å²) in [6.07, 6.45) is 3.23. The number of hydrogen-bond acceptors (Lipinski definition) is 5. The van der Waals surface area contributed by atoms with Crippen molar-refractivity contribution in [2.75, 3.05) is 33.2 Å². The highest BCUT2D eigenvalue weighted by Gasteiger charge is 2.24. The van der Waals surface area contributed by atoms with Crippen molar-refractivity contribution in [3.63, 3.8) is 0 Å². The van der Waals surface area contributed by atoms with Crippen LogP contribution in [0.25, 0.3) is 0 Å². The van der Waals surface area contributed by atoms with E-state index in [2.05, 4.69) is 27.3 Å². The number of aromatic nitrogens is 2. The molecule has 1 fully saturated rings. The third-order valence-electron chi connectivity index (χ3n) is 3.39. The minimum absolute atomic E-state index is 0.454. The molecule has 0 spiro atoms. The van der Waals surface area contributed by atoms with Crippen molar-refractivity contribution in [2.45, 2.75) is 32.1 Å². The summed E-state index contributed by atoms with van der Waals surface area (Å²) in [5.41, 5.74) is 0. The molecule has 0 aromatic carbocycles. The van der Waals surface area contributed by atoms with Gasteiger partial charge in [-0.3, -0.25) is 0 Å². The molecule has 1 N–H and O–H groups in total. The van der Waals surface area contributed by atoms with Gasteiger partial charge in [0.25, 0.3) is 0 Å². The van der Waals surface area contributed by atoms with Crippen molar-refractivity contribution in [3.05, 3.63) is 11.7 Å². The molecule has 5 heteroatoms. The fourth-order valence-electron chi connectivity index (χ4n) is 2.32. The van der Waals surface area contributed by atoms with E-state index in [0.717, 1.165) is 37.8 Å². The van der Waals surface area contributed by atoms with Gasteiger partial charge < -0.3 is 14.7 Å². The van der Waals surface area contributed by atoms with Gasteiger partial charge in [-0.1, -0.05) is 12.1 Å². The van der Waals surface area contributed by atoms with Crippen molar-refractivity contribution < 1.29 is 4.52 Å². The van der Waals surface area contributed by atoms with Gasteiger partial charge >= 0.3 is 0 Å². The van der Waals surface area contributed by atoms with Crippen LogP contribution in [0, 0.1) is 0 Å². The first-order valence-electron chi connectivity index (χ1n) is 6.53. The molecule has 1 saturated heterocycles. The minimum Gasteiger partial charge on any atom is -0.339 e. The second-order valence-corrected chi connectivity index (χ2v) is 4.63. The Kier molecular flexibility index (Phi) is 4.50. The zero-order valence-electron chi connectivity index (χ0n) is 10.8. The molecule has 1 atom stereocenters. The van der Waals surface area contributed by atoms with E-state index in [1.54, 1.807) is 0 Å². The minimum atomic E-state index is 0.454. The van der Waals surface area contributed by atoms with Crippen LogP contribution in [-0.4, -0.2) is 48.3 Å². The highest BCUT2D eigenvalue weighted by Crippen LogP contribution is 2.24. The number of likely N-dealkylation sites (N-methyl/N-ethyl adjacent to an activating group) is 2. The van der Waals surface area contributed by atoms with Crippen LogP contribution in [0.1, 0.15) is 37.4 Å². The molecule has 1 aliphatic heterocycles. The molecule has 0 aliphatic carbocycles. The molecule has 0 amide bonds. The summed E-state index contributed by atoms with van der Waals surface area (Å²) in [4.78, 5) is 6.95. The first-order valence-corrected chi connectivity index (χ1v) is 6.53. The van der Waals surface area contributed by atoms with E-state index in [0.29, 0.717) is 5.92 Å². The Morgan fingerprint density at radius 2 is 2.41 bits per heavy atom. The van der Waals surface area contributed by atoms with Gasteiger partial charge in [-0.05, 0) is 33.0 Å². The van der Waals surface area contributed by atoms with Gasteiger partial charge in [0, 0.05) is 25.4 Å². The number of piperidine rings is 1. The first-order chi connectivity index (χ1) is 8.33. The molecule has 1 aromatic rings. The van der Waals surface area contributed by atoms with E-state index < -0.39 is 0 Å². The Balaban J connectivity index is 1.94. The van der Waals surface area contributed by atoms with Gasteiger partial charge in [0.05, 0.1) is 0 Å². The standard InChI is InChI=1S/C12H22N4O/c1-3-16-8-4-5-10(9-16)12-14-11(17-15-12)6-7-13-2/h10,13H,3-9H2,1-2H3. The van der Waals surface area contributed by atoms with Crippen LogP contribution in [0.3, 0.4) is 0 Å². The van der Waals surface area contributed by atoms with Gasteiger partial charge in [0.2, 0.25) is 5.89 Å². The summed E-state index contributed by atoms with van der Waals surface area (Å²) < 4.78 is 5.27. The first kappa shape index (κ1) is 12.5. The fraction of sp³-hybridized carbons (Fsp3) is 0.833. The van der Waals surface area contributed by atoms with Gasteiger partial charge in [-0.25, -0.2) is 0 Å². The Labute approximate surface area is 103 Å². The van der Waals surface area contributed by atoms with Crippen LogP contribution in [0.5, 0.6) is 0 Å². The molecule has 2 heterocycles. The summed E-state index contributed by atoms with van der Waals surface area (Å²) in [7, 11) is 1.93. The van der Waals surface area contributed by atoms with E-state index in [4.69, 9.17) is 4.52 Å². The van der Waals surface area contributed by atoms with Gasteiger partial charge in [0.15, 0.2) is 5.82 Å². The smallest absolute Gasteiger partial charge is 0.227 e. The number of rotatable bonds is 5. The van der Waals surface area contributed by atoms with E-state index >= 15 is 0 Å². The highest BCUT2D eigenvalue weighted by molar-refractivity contribution is 4.98. The summed E-state index contributed by atoms with van der Waals surface area (Å²) in [6, 6.07) is 0. The molecule has 1 aliphatic rings. The molecule has 0 saturated carbocycles. The number of nitrogens with one attached hydrogen (secondary N) is 1. The summed E-state index contributed by atoms with van der Waals surface area (Å²) >= 11 is 0. The van der Waals surface area contributed by atoms with Gasteiger partial charge in [-0.2, -0.15) is 4.98 Å². The number of hydrogen-bond donors (Lipinski definition) is 1. The lowest BCUT2D eigenvalue weighted by Crippen LogP contribution is -2.34. The normalized spacial score (nSPS) is 21.9. The maximum atomic E-state index is 5.27. The molecule has 17 heavy (non-hydrogen) atoms. The maximum Gasteiger partial charge on any atom is 0.227 e. The van der Waals surface area contributed by atoms with Crippen molar-refractivity contribution in [1.29, 1.82) is 0 Å². The fourth-order valence-corrected chi connectivity index (χ4v) is 2.32. The van der Waals surface area contributed by atoms with Crippen molar-refractivity contribution in [3.8, 4) is 0 Å². The van der Waals surface area contributed by atoms with Crippen molar-refractivity contribution in [2.24, 2.45) is 0 Å². The second-order valence-electron chi connectivity index (χ2n) is 4.63. The number of nitrogens with zero attached hydrogens (tertiary/aromatic N) is 3.